The van der Waals surface area contributed by atoms with E-state index in [-0.39, 0.29) is 28.2 Å². The number of aromatic hydroxyl groups is 1. The molecule has 8 rings (SSSR count). The van der Waals surface area contributed by atoms with Crippen molar-refractivity contribution in [1.29, 1.82) is 0 Å². The number of hydrogen-bond donors (Lipinski definition) is 1. The van der Waals surface area contributed by atoms with E-state index in [4.69, 9.17) is 27.9 Å². The quantitative estimate of drug-likeness (QED) is 0.0777. The fraction of sp³-hybridized carbons (Fsp3) is 0.385. The molecule has 4 amide bonds. The van der Waals surface area contributed by atoms with E-state index < -0.39 is 110 Å². The number of phenols is 1. The number of piperidine rings is 1. The van der Waals surface area contributed by atoms with Crippen LogP contribution in [0.5, 0.6) is 11.5 Å². The maximum atomic E-state index is 15.3. The molecule has 3 aliphatic heterocycles. The highest BCUT2D eigenvalue weighted by atomic mass is 35.5. The second-order valence-corrected chi connectivity index (χ2v) is 15.9. The first kappa shape index (κ1) is 37.4. The van der Waals surface area contributed by atoms with Gasteiger partial charge in [-0.15, -0.1) is 23.2 Å². The van der Waals surface area contributed by atoms with Crippen LogP contribution in [0, 0.1) is 46.8 Å². The monoisotopic (exact) mass is 803 g/mol. The highest BCUT2D eigenvalue weighted by Gasteiger charge is 2.77. The molecule has 0 unspecified atom stereocenters. The summed E-state index contributed by atoms with van der Waals surface area (Å²) < 4.78 is 79.1. The molecule has 2 aliphatic carbocycles. The van der Waals surface area contributed by atoms with Crippen molar-refractivity contribution in [2.45, 2.75) is 53.9 Å². The average Bonchev–Trinajstić information content (AvgIpc) is 3.52. The SMILES string of the molecule is COc1ccc(O)c([C@H]2C3=CC[C@@H]4C(=O)N(C5CCN(Cc6ccccc6)CC5)C(=O)[C@@H]4[C@@H]3C[C@@]3(Cl)C(=O)N(c4c(F)c(F)c(F)c(F)c4F)C(=O)[C@@]23Cl)c1. The number of hydrogen-bond acceptors (Lipinski definition) is 7. The number of phenolic OH excluding ortho intramolecular Hbond substituents is 1. The van der Waals surface area contributed by atoms with E-state index in [0.717, 1.165) is 5.56 Å². The van der Waals surface area contributed by atoms with Gasteiger partial charge in [0.25, 0.3) is 11.8 Å². The van der Waals surface area contributed by atoms with Crippen molar-refractivity contribution >= 4 is 52.5 Å². The summed E-state index contributed by atoms with van der Waals surface area (Å²) in [6.07, 6.45) is 1.96. The Hall–Kier alpha value is -4.53. The van der Waals surface area contributed by atoms with Crippen molar-refractivity contribution in [2.24, 2.45) is 17.8 Å². The number of amides is 4. The van der Waals surface area contributed by atoms with Gasteiger partial charge in [0.2, 0.25) is 17.6 Å². The number of fused-ring (bicyclic) bond motifs is 4. The standard InChI is InChI=1S/C39H32Cl2F5N3O6/c1-55-20-7-10-25(50)23(15-20)27-21-8-9-22-26(35(52)48(34(22)51)19-11-13-47(14-12-19)17-18-5-3-2-4-6-18)24(21)16-38(40)36(53)49(37(54)39(27,38)41)33-31(45)29(43)28(42)30(44)32(33)46/h2-8,10,15,19,22,24,26-27,50H,9,11-14,16-17H2,1H3/t22-,24+,26-,27+,38+,39-/m0/s1. The Labute approximate surface area is 321 Å². The highest BCUT2D eigenvalue weighted by molar-refractivity contribution is 6.58. The summed E-state index contributed by atoms with van der Waals surface area (Å²) in [7, 11) is 1.31. The number of nitrogens with zero attached hydrogens (tertiary/aromatic N) is 3. The van der Waals surface area contributed by atoms with E-state index in [1.165, 1.54) is 30.2 Å². The summed E-state index contributed by atoms with van der Waals surface area (Å²) in [5.41, 5.74) is -0.649. The number of carbonyl (C=O) groups is 4. The Balaban J connectivity index is 1.20. The molecule has 4 fully saturated rings. The van der Waals surface area contributed by atoms with Crippen LogP contribution in [0.1, 0.15) is 42.7 Å². The van der Waals surface area contributed by atoms with Gasteiger partial charge in [-0.05, 0) is 55.4 Å². The Bertz CT molecular complexity index is 2170. The fourth-order valence-electron chi connectivity index (χ4n) is 9.36. The van der Waals surface area contributed by atoms with Gasteiger partial charge in [0, 0.05) is 37.2 Å². The van der Waals surface area contributed by atoms with Gasteiger partial charge in [-0.2, -0.15) is 0 Å². The lowest BCUT2D eigenvalue weighted by Crippen LogP contribution is -2.60. The van der Waals surface area contributed by atoms with Crippen LogP contribution in [0.2, 0.25) is 0 Å². The molecule has 3 aromatic rings. The molecule has 0 aromatic heterocycles. The van der Waals surface area contributed by atoms with Crippen LogP contribution in [0.3, 0.4) is 0 Å². The second kappa shape index (κ2) is 13.3. The van der Waals surface area contributed by atoms with Crippen molar-refractivity contribution in [3.8, 4) is 11.5 Å². The van der Waals surface area contributed by atoms with Gasteiger partial charge in [0.15, 0.2) is 33.0 Å². The maximum Gasteiger partial charge on any atom is 0.258 e. The number of carbonyl (C=O) groups excluding carboxylic acids is 4. The summed E-state index contributed by atoms with van der Waals surface area (Å²) in [5.74, 6) is -21.5. The van der Waals surface area contributed by atoms with Crippen LogP contribution in [-0.4, -0.2) is 74.5 Å². The maximum absolute atomic E-state index is 15.3. The molecule has 1 saturated carbocycles. The van der Waals surface area contributed by atoms with Crippen molar-refractivity contribution in [3.05, 3.63) is 100 Å². The van der Waals surface area contributed by atoms with Crippen LogP contribution in [0.25, 0.3) is 0 Å². The number of methoxy groups -OCH3 is 1. The number of rotatable bonds is 6. The molecule has 16 heteroatoms. The third-order valence-electron chi connectivity index (χ3n) is 12.0. The van der Waals surface area contributed by atoms with Gasteiger partial charge in [-0.1, -0.05) is 42.0 Å². The first-order valence-corrected chi connectivity index (χ1v) is 18.4. The third-order valence-corrected chi connectivity index (χ3v) is 13.4. The normalized spacial score (nSPS) is 29.7. The van der Waals surface area contributed by atoms with Crippen molar-refractivity contribution < 1.29 is 51.0 Å². The van der Waals surface area contributed by atoms with Gasteiger partial charge in [-0.3, -0.25) is 29.0 Å². The molecule has 288 valence electrons. The molecule has 1 N–H and O–H groups in total. The molecule has 9 nitrogen and oxygen atoms in total. The number of likely N-dealkylation sites (tertiary alicyclic amines) is 2. The Morgan fingerprint density at radius 2 is 1.47 bits per heavy atom. The Morgan fingerprint density at radius 3 is 2.11 bits per heavy atom. The molecule has 0 bridgehead atoms. The van der Waals surface area contributed by atoms with E-state index >= 15 is 8.78 Å². The summed E-state index contributed by atoms with van der Waals surface area (Å²) in [6.45, 7) is 1.92. The Morgan fingerprint density at radius 1 is 0.836 bits per heavy atom. The van der Waals surface area contributed by atoms with Crippen molar-refractivity contribution in [3.63, 3.8) is 0 Å². The number of alkyl halides is 2. The first-order chi connectivity index (χ1) is 26.1. The van der Waals surface area contributed by atoms with E-state index in [0.29, 0.717) is 32.5 Å². The number of allylic oxidation sites excluding steroid dienone is 2. The van der Waals surface area contributed by atoms with Gasteiger partial charge >= 0.3 is 0 Å². The summed E-state index contributed by atoms with van der Waals surface area (Å²) in [4.78, 5) is 55.3. The minimum absolute atomic E-state index is 0.00258. The molecular weight excluding hydrogens is 772 g/mol. The minimum Gasteiger partial charge on any atom is -0.508 e. The molecule has 0 radical (unpaired) electrons. The zero-order chi connectivity index (χ0) is 39.3. The van der Waals surface area contributed by atoms with Gasteiger partial charge < -0.3 is 9.84 Å². The van der Waals surface area contributed by atoms with E-state index in [1.807, 2.05) is 30.3 Å². The van der Waals surface area contributed by atoms with Gasteiger partial charge in [0.05, 0.1) is 18.9 Å². The first-order valence-electron chi connectivity index (χ1n) is 17.6. The topological polar surface area (TPSA) is 107 Å². The molecule has 3 aromatic carbocycles. The Kier molecular flexibility index (Phi) is 9.05. The summed E-state index contributed by atoms with van der Waals surface area (Å²) in [6, 6.07) is 13.3. The van der Waals surface area contributed by atoms with Crippen LogP contribution in [-0.2, 0) is 25.7 Å². The third kappa shape index (κ3) is 5.27. The molecule has 5 aliphatic rings. The highest BCUT2D eigenvalue weighted by Crippen LogP contribution is 2.67. The van der Waals surface area contributed by atoms with Crippen molar-refractivity contribution in [1.82, 2.24) is 9.80 Å². The zero-order valence-electron chi connectivity index (χ0n) is 29.0. The molecule has 6 atom stereocenters. The van der Waals surface area contributed by atoms with Gasteiger partial charge in [0.1, 0.15) is 17.2 Å². The molecule has 3 heterocycles. The minimum atomic E-state index is -2.76. The van der Waals surface area contributed by atoms with Crippen LogP contribution in [0.15, 0.2) is 60.2 Å². The number of halogens is 7. The van der Waals surface area contributed by atoms with Crippen LogP contribution < -0.4 is 9.64 Å². The average molecular weight is 805 g/mol. The molecule has 0 spiro atoms. The number of ether oxygens (including phenoxy) is 1. The van der Waals surface area contributed by atoms with E-state index in [1.54, 1.807) is 6.08 Å². The second-order valence-electron chi connectivity index (χ2n) is 14.7. The predicted octanol–water partition coefficient (Wildman–Crippen LogP) is 6.32. The summed E-state index contributed by atoms with van der Waals surface area (Å²) >= 11 is 14.4. The van der Waals surface area contributed by atoms with E-state index in [2.05, 4.69) is 4.90 Å². The molecular formula is C39H32Cl2F5N3O6. The van der Waals surface area contributed by atoms with Gasteiger partial charge in [-0.25, -0.2) is 26.9 Å². The summed E-state index contributed by atoms with van der Waals surface area (Å²) in [5, 5.41) is 11.2. The lowest BCUT2D eigenvalue weighted by Gasteiger charge is -2.50. The molecule has 3 saturated heterocycles. The smallest absolute Gasteiger partial charge is 0.258 e. The fourth-order valence-corrected chi connectivity index (χ4v) is 10.3. The van der Waals surface area contributed by atoms with Crippen LogP contribution in [0.4, 0.5) is 27.6 Å². The molecule has 55 heavy (non-hydrogen) atoms. The lowest BCUT2D eigenvalue weighted by atomic mass is 9.56. The van der Waals surface area contributed by atoms with E-state index in [9.17, 15) is 37.5 Å². The largest absolute Gasteiger partial charge is 0.508 e. The number of imide groups is 2. The van der Waals surface area contributed by atoms with Crippen LogP contribution >= 0.6 is 23.2 Å². The van der Waals surface area contributed by atoms with Crippen molar-refractivity contribution in [2.75, 3.05) is 25.1 Å². The number of benzene rings is 3. The lowest BCUT2D eigenvalue weighted by molar-refractivity contribution is -0.144. The predicted molar refractivity (Wildman–Crippen MR) is 188 cm³/mol. The number of anilines is 1. The zero-order valence-corrected chi connectivity index (χ0v) is 30.5.